The predicted molar refractivity (Wildman–Crippen MR) is 141 cm³/mol. The number of hydrogen-bond acceptors (Lipinski definition) is 3. The van der Waals surface area contributed by atoms with E-state index in [1.54, 1.807) is 0 Å². The molecule has 0 aromatic heterocycles. The zero-order valence-corrected chi connectivity index (χ0v) is 20.9. The summed E-state index contributed by atoms with van der Waals surface area (Å²) in [7, 11) is 0. The molecular formula is C31H38O3. The van der Waals surface area contributed by atoms with Crippen LogP contribution in [0, 0.1) is 0 Å². The Morgan fingerprint density at radius 1 is 0.735 bits per heavy atom. The van der Waals surface area contributed by atoms with Crippen LogP contribution in [-0.4, -0.2) is 12.6 Å². The second kappa shape index (κ2) is 13.6. The molecular weight excluding hydrogens is 420 g/mol. The molecule has 3 aromatic rings. The molecule has 0 amide bonds. The van der Waals surface area contributed by atoms with Gasteiger partial charge in [-0.1, -0.05) is 100 Å². The molecule has 0 bridgehead atoms. The first-order valence-electron chi connectivity index (χ1n) is 12.7. The molecule has 0 saturated carbocycles. The quantitative estimate of drug-likeness (QED) is 0.190. The monoisotopic (exact) mass is 458 g/mol. The van der Waals surface area contributed by atoms with Gasteiger partial charge in [-0.2, -0.15) is 0 Å². The minimum absolute atomic E-state index is 0.117. The van der Waals surface area contributed by atoms with E-state index in [2.05, 4.69) is 86.6 Å². The summed E-state index contributed by atoms with van der Waals surface area (Å²) in [6, 6.07) is 25.1. The molecule has 3 rings (SSSR count). The fourth-order valence-electron chi connectivity index (χ4n) is 4.04. The SMILES string of the molecule is CCCCCOc1ccc(-c2ccccc2-c2ccc(C(C)OC(=O)CCCCC)cc2)cc1. The Hall–Kier alpha value is -3.07. The Labute approximate surface area is 205 Å². The summed E-state index contributed by atoms with van der Waals surface area (Å²) < 4.78 is 11.5. The third-order valence-electron chi connectivity index (χ3n) is 6.09. The van der Waals surface area contributed by atoms with E-state index < -0.39 is 0 Å². The zero-order chi connectivity index (χ0) is 24.2. The van der Waals surface area contributed by atoms with Gasteiger partial charge < -0.3 is 9.47 Å². The normalized spacial score (nSPS) is 11.7. The van der Waals surface area contributed by atoms with Crippen LogP contribution in [0.2, 0.25) is 0 Å². The summed E-state index contributed by atoms with van der Waals surface area (Å²) >= 11 is 0. The van der Waals surface area contributed by atoms with E-state index in [4.69, 9.17) is 9.47 Å². The standard InChI is InChI=1S/C31H38O3/c1-4-6-8-14-31(32)34-24(3)25-15-17-26(18-16-25)29-12-9-10-13-30(29)27-19-21-28(22-20-27)33-23-11-7-5-2/h9-10,12-13,15-22,24H,4-8,11,14,23H2,1-3H3. The Morgan fingerprint density at radius 3 is 1.88 bits per heavy atom. The van der Waals surface area contributed by atoms with Crippen LogP contribution in [-0.2, 0) is 9.53 Å². The van der Waals surface area contributed by atoms with E-state index in [0.717, 1.165) is 54.7 Å². The van der Waals surface area contributed by atoms with Crippen molar-refractivity contribution in [3.8, 4) is 28.0 Å². The van der Waals surface area contributed by atoms with Crippen molar-refractivity contribution in [1.82, 2.24) is 0 Å². The molecule has 180 valence electrons. The lowest BCUT2D eigenvalue weighted by Crippen LogP contribution is -2.08. The highest BCUT2D eigenvalue weighted by Gasteiger charge is 2.13. The number of benzene rings is 3. The van der Waals surface area contributed by atoms with Gasteiger partial charge in [-0.3, -0.25) is 4.79 Å². The molecule has 0 saturated heterocycles. The fraction of sp³-hybridized carbons (Fsp3) is 0.387. The molecule has 34 heavy (non-hydrogen) atoms. The first kappa shape index (κ1) is 25.6. The molecule has 3 nitrogen and oxygen atoms in total. The van der Waals surface area contributed by atoms with Gasteiger partial charge in [0.1, 0.15) is 11.9 Å². The van der Waals surface area contributed by atoms with Gasteiger partial charge in [0.2, 0.25) is 0 Å². The molecule has 0 radical (unpaired) electrons. The third-order valence-corrected chi connectivity index (χ3v) is 6.09. The van der Waals surface area contributed by atoms with Crippen molar-refractivity contribution in [3.63, 3.8) is 0 Å². The number of carbonyl (C=O) groups excluding carboxylic acids is 1. The van der Waals surface area contributed by atoms with Crippen molar-refractivity contribution in [2.75, 3.05) is 6.61 Å². The molecule has 0 heterocycles. The van der Waals surface area contributed by atoms with Crippen molar-refractivity contribution in [2.45, 2.75) is 71.8 Å². The van der Waals surface area contributed by atoms with E-state index in [1.165, 1.54) is 24.0 Å². The lowest BCUT2D eigenvalue weighted by atomic mass is 9.94. The van der Waals surface area contributed by atoms with E-state index in [1.807, 2.05) is 6.92 Å². The second-order valence-electron chi connectivity index (χ2n) is 8.84. The van der Waals surface area contributed by atoms with Gasteiger partial charge in [-0.05, 0) is 59.7 Å². The first-order chi connectivity index (χ1) is 16.6. The summed E-state index contributed by atoms with van der Waals surface area (Å²) in [6.45, 7) is 7.03. The van der Waals surface area contributed by atoms with Gasteiger partial charge in [-0.25, -0.2) is 0 Å². The zero-order valence-electron chi connectivity index (χ0n) is 20.9. The van der Waals surface area contributed by atoms with Crippen LogP contribution in [0.5, 0.6) is 5.75 Å². The molecule has 0 aliphatic rings. The molecule has 0 spiro atoms. The highest BCUT2D eigenvalue weighted by molar-refractivity contribution is 5.83. The Bertz CT molecular complexity index is 1010. The van der Waals surface area contributed by atoms with E-state index in [0.29, 0.717) is 6.42 Å². The van der Waals surface area contributed by atoms with Crippen LogP contribution in [0.15, 0.2) is 72.8 Å². The molecule has 0 fully saturated rings. The topological polar surface area (TPSA) is 35.5 Å². The van der Waals surface area contributed by atoms with Crippen molar-refractivity contribution in [2.24, 2.45) is 0 Å². The minimum atomic E-state index is -0.247. The molecule has 3 heteroatoms. The molecule has 1 atom stereocenters. The first-order valence-corrected chi connectivity index (χ1v) is 12.7. The van der Waals surface area contributed by atoms with Crippen LogP contribution >= 0.6 is 0 Å². The second-order valence-corrected chi connectivity index (χ2v) is 8.84. The number of esters is 1. The summed E-state index contributed by atoms with van der Waals surface area (Å²) in [5.74, 6) is 0.799. The molecule has 0 aliphatic heterocycles. The van der Waals surface area contributed by atoms with E-state index >= 15 is 0 Å². The molecule has 1 unspecified atom stereocenters. The van der Waals surface area contributed by atoms with Crippen molar-refractivity contribution in [3.05, 3.63) is 78.4 Å². The predicted octanol–water partition coefficient (Wildman–Crippen LogP) is 8.77. The summed E-state index contributed by atoms with van der Waals surface area (Å²) in [6.07, 6.45) is 6.79. The minimum Gasteiger partial charge on any atom is -0.494 e. The van der Waals surface area contributed by atoms with E-state index in [9.17, 15) is 4.79 Å². The lowest BCUT2D eigenvalue weighted by molar-refractivity contribution is -0.148. The molecule has 0 N–H and O–H groups in total. The van der Waals surface area contributed by atoms with Crippen LogP contribution < -0.4 is 4.74 Å². The van der Waals surface area contributed by atoms with Crippen LogP contribution in [0.3, 0.4) is 0 Å². The Morgan fingerprint density at radius 2 is 1.29 bits per heavy atom. The number of carbonyl (C=O) groups is 1. The highest BCUT2D eigenvalue weighted by Crippen LogP contribution is 2.33. The average molecular weight is 459 g/mol. The smallest absolute Gasteiger partial charge is 0.306 e. The third kappa shape index (κ3) is 7.48. The van der Waals surface area contributed by atoms with Gasteiger partial charge in [0.25, 0.3) is 0 Å². The Balaban J connectivity index is 1.68. The maximum absolute atomic E-state index is 12.1. The van der Waals surface area contributed by atoms with Crippen LogP contribution in [0.1, 0.15) is 77.4 Å². The van der Waals surface area contributed by atoms with Gasteiger partial charge in [0.15, 0.2) is 0 Å². The van der Waals surface area contributed by atoms with Gasteiger partial charge in [-0.15, -0.1) is 0 Å². The van der Waals surface area contributed by atoms with Gasteiger partial charge in [0.05, 0.1) is 6.61 Å². The van der Waals surface area contributed by atoms with Gasteiger partial charge in [0, 0.05) is 6.42 Å². The number of ether oxygens (including phenoxy) is 2. The highest BCUT2D eigenvalue weighted by atomic mass is 16.5. The fourth-order valence-corrected chi connectivity index (χ4v) is 4.04. The summed E-state index contributed by atoms with van der Waals surface area (Å²) in [4.78, 5) is 12.1. The van der Waals surface area contributed by atoms with Crippen LogP contribution in [0.4, 0.5) is 0 Å². The number of rotatable bonds is 13. The summed E-state index contributed by atoms with van der Waals surface area (Å²) in [5.41, 5.74) is 5.67. The maximum atomic E-state index is 12.1. The maximum Gasteiger partial charge on any atom is 0.306 e. The van der Waals surface area contributed by atoms with E-state index in [-0.39, 0.29) is 12.1 Å². The van der Waals surface area contributed by atoms with Gasteiger partial charge >= 0.3 is 5.97 Å². The lowest BCUT2D eigenvalue weighted by Gasteiger charge is -2.15. The number of unbranched alkanes of at least 4 members (excludes halogenated alkanes) is 4. The Kier molecular flexibility index (Phi) is 10.2. The average Bonchev–Trinajstić information content (AvgIpc) is 2.87. The number of hydrogen-bond donors (Lipinski definition) is 0. The van der Waals surface area contributed by atoms with Crippen molar-refractivity contribution in [1.29, 1.82) is 0 Å². The largest absolute Gasteiger partial charge is 0.494 e. The summed E-state index contributed by atoms with van der Waals surface area (Å²) in [5, 5.41) is 0. The van der Waals surface area contributed by atoms with Crippen molar-refractivity contribution >= 4 is 5.97 Å². The molecule has 0 aliphatic carbocycles. The molecule has 3 aromatic carbocycles. The van der Waals surface area contributed by atoms with Crippen molar-refractivity contribution < 1.29 is 14.3 Å². The van der Waals surface area contributed by atoms with Crippen LogP contribution in [0.25, 0.3) is 22.3 Å².